The molecule has 0 amide bonds. The minimum atomic E-state index is -0.872. The standard InChI is InChI=1S/C40H49NO6/c1-5-28-8-7-9-29(6-2)33(28)20-25(3)26(4)35(42)23-41-22-34(31-14-17-36-37(21-31)46-19-18-45-36)38(40(43)44)39(41)30-12-15-32(16-13-30)47-24-27-10-11-27/h7-9,12-17,21,25-27,34,38-39H,5-6,10-11,18-20,22-24H2,1-4H3,(H,43,44)/t25?,26-,34-,38-,39+/m1/s1. The number of ketones is 1. The van der Waals surface area contributed by atoms with Crippen LogP contribution in [0.15, 0.2) is 60.7 Å². The van der Waals surface area contributed by atoms with Crippen molar-refractivity contribution >= 4 is 11.8 Å². The van der Waals surface area contributed by atoms with Gasteiger partial charge in [0.15, 0.2) is 11.5 Å². The fourth-order valence-electron chi connectivity index (χ4n) is 7.45. The van der Waals surface area contributed by atoms with Crippen LogP contribution in [0.1, 0.15) is 80.3 Å². The molecule has 1 aliphatic carbocycles. The van der Waals surface area contributed by atoms with E-state index in [0.717, 1.165) is 36.1 Å². The first-order valence-electron chi connectivity index (χ1n) is 17.5. The molecule has 0 spiro atoms. The zero-order chi connectivity index (χ0) is 33.1. The predicted octanol–water partition coefficient (Wildman–Crippen LogP) is 7.30. The highest BCUT2D eigenvalue weighted by Gasteiger charge is 2.48. The Morgan fingerprint density at radius 2 is 1.57 bits per heavy atom. The van der Waals surface area contributed by atoms with Crippen molar-refractivity contribution in [2.24, 2.45) is 23.7 Å². The molecule has 0 radical (unpaired) electrons. The number of carbonyl (C=O) groups is 2. The Morgan fingerprint density at radius 3 is 2.21 bits per heavy atom. The number of aryl methyl sites for hydroxylation is 2. The first-order chi connectivity index (χ1) is 22.8. The number of fused-ring (bicyclic) bond motifs is 1. The lowest BCUT2D eigenvalue weighted by molar-refractivity contribution is -0.143. The fourth-order valence-corrected chi connectivity index (χ4v) is 7.45. The monoisotopic (exact) mass is 639 g/mol. The largest absolute Gasteiger partial charge is 0.493 e. The van der Waals surface area contributed by atoms with Crippen LogP contribution in [-0.4, -0.2) is 54.7 Å². The van der Waals surface area contributed by atoms with E-state index in [1.54, 1.807) is 0 Å². The molecule has 0 aromatic heterocycles. The number of carbonyl (C=O) groups excluding carboxylic acids is 1. The van der Waals surface area contributed by atoms with Gasteiger partial charge in [0.05, 0.1) is 19.1 Å². The molecule has 2 fully saturated rings. The Morgan fingerprint density at radius 1 is 0.915 bits per heavy atom. The summed E-state index contributed by atoms with van der Waals surface area (Å²) in [5, 5.41) is 10.7. The van der Waals surface area contributed by atoms with Gasteiger partial charge < -0.3 is 19.3 Å². The van der Waals surface area contributed by atoms with E-state index in [4.69, 9.17) is 14.2 Å². The van der Waals surface area contributed by atoms with Crippen LogP contribution in [0.2, 0.25) is 0 Å². The molecule has 1 unspecified atom stereocenters. The second kappa shape index (κ2) is 14.5. The lowest BCUT2D eigenvalue weighted by Gasteiger charge is -2.29. The van der Waals surface area contributed by atoms with Crippen molar-refractivity contribution in [3.05, 3.63) is 88.5 Å². The number of likely N-dealkylation sites (tertiary alicyclic amines) is 1. The third-order valence-corrected chi connectivity index (χ3v) is 10.7. The van der Waals surface area contributed by atoms with E-state index in [9.17, 15) is 14.7 Å². The molecule has 47 heavy (non-hydrogen) atoms. The highest BCUT2D eigenvalue weighted by Crippen LogP contribution is 2.48. The van der Waals surface area contributed by atoms with Crippen molar-refractivity contribution in [1.82, 2.24) is 4.90 Å². The lowest BCUT2D eigenvalue weighted by atomic mass is 9.82. The molecule has 3 aliphatic rings. The maximum Gasteiger partial charge on any atom is 0.309 e. The number of nitrogens with zero attached hydrogens (tertiary/aromatic N) is 1. The van der Waals surface area contributed by atoms with Crippen molar-refractivity contribution in [3.63, 3.8) is 0 Å². The second-order valence-electron chi connectivity index (χ2n) is 13.8. The third-order valence-electron chi connectivity index (χ3n) is 10.7. The zero-order valence-electron chi connectivity index (χ0n) is 28.2. The summed E-state index contributed by atoms with van der Waals surface area (Å²) in [5.41, 5.74) is 5.85. The van der Waals surface area contributed by atoms with E-state index < -0.39 is 17.9 Å². The Labute approximate surface area is 279 Å². The van der Waals surface area contributed by atoms with E-state index in [-0.39, 0.29) is 30.1 Å². The summed E-state index contributed by atoms with van der Waals surface area (Å²) in [6.07, 6.45) is 5.22. The normalized spacial score (nSPS) is 22.1. The number of Topliss-reactive ketones (excluding diaryl/α,β-unsaturated/α-hetero) is 1. The van der Waals surface area contributed by atoms with Gasteiger partial charge in [0.1, 0.15) is 24.7 Å². The minimum absolute atomic E-state index is 0.144. The van der Waals surface area contributed by atoms with Gasteiger partial charge in [0, 0.05) is 24.4 Å². The Bertz CT molecular complexity index is 1540. The van der Waals surface area contributed by atoms with Crippen LogP contribution in [0.3, 0.4) is 0 Å². The van der Waals surface area contributed by atoms with Crippen molar-refractivity contribution in [3.8, 4) is 17.2 Å². The first-order valence-corrected chi connectivity index (χ1v) is 17.5. The molecular weight excluding hydrogens is 590 g/mol. The molecule has 3 aromatic carbocycles. The maximum atomic E-state index is 14.1. The van der Waals surface area contributed by atoms with Gasteiger partial charge in [-0.05, 0) is 96.0 Å². The third kappa shape index (κ3) is 7.35. The average molecular weight is 640 g/mol. The Balaban J connectivity index is 1.26. The number of rotatable bonds is 14. The Kier molecular flexibility index (Phi) is 10.2. The summed E-state index contributed by atoms with van der Waals surface area (Å²) < 4.78 is 17.6. The number of hydrogen-bond donors (Lipinski definition) is 1. The minimum Gasteiger partial charge on any atom is -0.493 e. The van der Waals surface area contributed by atoms with Gasteiger partial charge in [0.25, 0.3) is 0 Å². The van der Waals surface area contributed by atoms with E-state index >= 15 is 0 Å². The molecule has 1 N–H and O–H groups in total. The molecule has 3 aromatic rings. The van der Waals surface area contributed by atoms with Gasteiger partial charge in [0.2, 0.25) is 0 Å². The number of carboxylic acids is 1. The number of hydrogen-bond acceptors (Lipinski definition) is 6. The van der Waals surface area contributed by atoms with E-state index in [2.05, 4.69) is 43.9 Å². The van der Waals surface area contributed by atoms with Crippen LogP contribution in [0, 0.1) is 23.7 Å². The van der Waals surface area contributed by atoms with Crippen LogP contribution in [0.5, 0.6) is 17.2 Å². The number of aliphatic carboxylic acids is 1. The molecule has 250 valence electrons. The first kappa shape index (κ1) is 33.1. The quantitative estimate of drug-likeness (QED) is 0.198. The maximum absolute atomic E-state index is 14.1. The molecule has 7 nitrogen and oxygen atoms in total. The van der Waals surface area contributed by atoms with Crippen molar-refractivity contribution in [2.45, 2.75) is 71.8 Å². The van der Waals surface area contributed by atoms with Gasteiger partial charge >= 0.3 is 5.97 Å². The van der Waals surface area contributed by atoms with Gasteiger partial charge in [-0.3, -0.25) is 14.5 Å². The Hall–Kier alpha value is -3.84. The van der Waals surface area contributed by atoms with Crippen molar-refractivity contribution in [1.29, 1.82) is 0 Å². The predicted molar refractivity (Wildman–Crippen MR) is 183 cm³/mol. The van der Waals surface area contributed by atoms with Crippen molar-refractivity contribution in [2.75, 3.05) is 32.9 Å². The molecule has 2 aliphatic heterocycles. The smallest absolute Gasteiger partial charge is 0.309 e. The highest BCUT2D eigenvalue weighted by atomic mass is 16.6. The summed E-state index contributed by atoms with van der Waals surface area (Å²) in [5.74, 6) is 0.905. The second-order valence-corrected chi connectivity index (χ2v) is 13.8. The van der Waals surface area contributed by atoms with Crippen molar-refractivity contribution < 1.29 is 28.9 Å². The van der Waals surface area contributed by atoms with Gasteiger partial charge in [-0.15, -0.1) is 0 Å². The SMILES string of the molecule is CCc1cccc(CC)c1CC(C)[C@@H](C)C(=O)CN1C[C@H](c2ccc3c(c2)OCCO3)[C@@H](C(=O)O)[C@@H]1c1ccc(OCC2CC2)cc1. The molecular formula is C40H49NO6. The lowest BCUT2D eigenvalue weighted by Crippen LogP contribution is -2.36. The molecule has 6 rings (SSSR count). The summed E-state index contributed by atoms with van der Waals surface area (Å²) >= 11 is 0. The summed E-state index contributed by atoms with van der Waals surface area (Å²) in [4.78, 5) is 29.3. The number of ether oxygens (including phenoxy) is 3. The van der Waals surface area contributed by atoms with Crippen LogP contribution in [-0.2, 0) is 28.9 Å². The van der Waals surface area contributed by atoms with E-state index in [1.807, 2.05) is 49.4 Å². The zero-order valence-corrected chi connectivity index (χ0v) is 28.2. The molecule has 7 heteroatoms. The number of benzene rings is 3. The molecule has 1 saturated heterocycles. The van der Waals surface area contributed by atoms with Gasteiger partial charge in [-0.2, -0.15) is 0 Å². The topological polar surface area (TPSA) is 85.3 Å². The average Bonchev–Trinajstić information content (AvgIpc) is 3.85. The number of carboxylic acid groups (broad SMARTS) is 1. The van der Waals surface area contributed by atoms with Crippen LogP contribution < -0.4 is 14.2 Å². The molecule has 1 saturated carbocycles. The molecule has 0 bridgehead atoms. The van der Waals surface area contributed by atoms with E-state index in [0.29, 0.717) is 43.8 Å². The molecule has 5 atom stereocenters. The van der Waals surface area contributed by atoms with Crippen LogP contribution in [0.25, 0.3) is 0 Å². The summed E-state index contributed by atoms with van der Waals surface area (Å²) in [7, 11) is 0. The summed E-state index contributed by atoms with van der Waals surface area (Å²) in [6.45, 7) is 10.9. The van der Waals surface area contributed by atoms with Crippen LogP contribution >= 0.6 is 0 Å². The fraction of sp³-hybridized carbons (Fsp3) is 0.500. The van der Waals surface area contributed by atoms with Gasteiger partial charge in [-0.25, -0.2) is 0 Å². The highest BCUT2D eigenvalue weighted by molar-refractivity contribution is 5.83. The van der Waals surface area contributed by atoms with Gasteiger partial charge in [-0.1, -0.05) is 64.1 Å². The molecule has 2 heterocycles. The van der Waals surface area contributed by atoms with Crippen LogP contribution in [0.4, 0.5) is 0 Å². The summed E-state index contributed by atoms with van der Waals surface area (Å²) in [6, 6.07) is 19.7. The van der Waals surface area contributed by atoms with E-state index in [1.165, 1.54) is 29.5 Å².